The first-order valence-corrected chi connectivity index (χ1v) is 6.60. The number of nitrogens with zero attached hydrogens (tertiary/aromatic N) is 1. The zero-order valence-electron chi connectivity index (χ0n) is 11.1. The van der Waals surface area contributed by atoms with Gasteiger partial charge in [0.1, 0.15) is 0 Å². The quantitative estimate of drug-likeness (QED) is 0.462. The summed E-state index contributed by atoms with van der Waals surface area (Å²) in [5.74, 6) is -0.883. The van der Waals surface area contributed by atoms with E-state index in [9.17, 15) is 9.59 Å². The molecule has 2 N–H and O–H groups in total. The summed E-state index contributed by atoms with van der Waals surface area (Å²) < 4.78 is 5.28. The number of ether oxygens (including phenoxy) is 1. The van der Waals surface area contributed by atoms with E-state index in [1.807, 2.05) is 0 Å². The molecular formula is C13H22N2O4. The summed E-state index contributed by atoms with van der Waals surface area (Å²) in [5, 5.41) is 11.4. The maximum Gasteiger partial charge on any atom is 0.317 e. The minimum Gasteiger partial charge on any atom is -0.481 e. The zero-order chi connectivity index (χ0) is 14.1. The van der Waals surface area contributed by atoms with E-state index in [0.29, 0.717) is 19.8 Å². The van der Waals surface area contributed by atoms with Gasteiger partial charge < -0.3 is 20.1 Å². The summed E-state index contributed by atoms with van der Waals surface area (Å²) in [6.45, 7) is 5.35. The molecule has 1 aliphatic carbocycles. The predicted molar refractivity (Wildman–Crippen MR) is 71.0 cm³/mol. The van der Waals surface area contributed by atoms with E-state index >= 15 is 0 Å². The third-order valence-corrected chi connectivity index (χ3v) is 2.80. The predicted octanol–water partition coefficient (Wildman–Crippen LogP) is 1.23. The maximum atomic E-state index is 11.9. The van der Waals surface area contributed by atoms with Crippen molar-refractivity contribution in [1.82, 2.24) is 10.2 Å². The van der Waals surface area contributed by atoms with Crippen LogP contribution in [0.25, 0.3) is 0 Å². The number of amides is 2. The number of urea groups is 1. The minimum absolute atomic E-state index is 0.0141. The van der Waals surface area contributed by atoms with Crippen LogP contribution < -0.4 is 5.32 Å². The first-order chi connectivity index (χ1) is 9.15. The maximum absolute atomic E-state index is 11.9. The topological polar surface area (TPSA) is 78.9 Å². The number of carboxylic acids is 1. The van der Waals surface area contributed by atoms with Crippen molar-refractivity contribution in [1.29, 1.82) is 0 Å². The molecule has 1 saturated carbocycles. The molecule has 19 heavy (non-hydrogen) atoms. The lowest BCUT2D eigenvalue weighted by atomic mass is 10.4. The summed E-state index contributed by atoms with van der Waals surface area (Å²) in [5.41, 5.74) is 0. The summed E-state index contributed by atoms with van der Waals surface area (Å²) in [7, 11) is 0. The third kappa shape index (κ3) is 6.81. The molecule has 0 aromatic carbocycles. The van der Waals surface area contributed by atoms with E-state index in [1.54, 1.807) is 11.0 Å². The summed E-state index contributed by atoms with van der Waals surface area (Å²) >= 11 is 0. The van der Waals surface area contributed by atoms with Gasteiger partial charge >= 0.3 is 12.0 Å². The van der Waals surface area contributed by atoms with Gasteiger partial charge in [-0.25, -0.2) is 4.79 Å². The molecule has 0 spiro atoms. The SMILES string of the molecule is C=CCCOCCNC(=O)N(CCC(=O)O)C1CC1. The summed E-state index contributed by atoms with van der Waals surface area (Å²) in [6.07, 6.45) is 4.48. The van der Waals surface area contributed by atoms with E-state index in [1.165, 1.54) is 0 Å². The van der Waals surface area contributed by atoms with Crippen LogP contribution in [0.4, 0.5) is 4.79 Å². The van der Waals surface area contributed by atoms with Crippen molar-refractivity contribution in [3.8, 4) is 0 Å². The average molecular weight is 270 g/mol. The second kappa shape index (κ2) is 8.53. The number of rotatable bonds is 10. The second-order valence-electron chi connectivity index (χ2n) is 4.49. The molecular weight excluding hydrogens is 248 g/mol. The number of carboxylic acid groups (broad SMARTS) is 1. The lowest BCUT2D eigenvalue weighted by molar-refractivity contribution is -0.137. The van der Waals surface area contributed by atoms with Gasteiger partial charge in [0.05, 0.1) is 19.6 Å². The zero-order valence-corrected chi connectivity index (χ0v) is 11.1. The average Bonchev–Trinajstić information content (AvgIpc) is 3.18. The Hall–Kier alpha value is -1.56. The Kier molecular flexibility index (Phi) is 6.95. The van der Waals surface area contributed by atoms with Crippen molar-refractivity contribution >= 4 is 12.0 Å². The third-order valence-electron chi connectivity index (χ3n) is 2.80. The first-order valence-electron chi connectivity index (χ1n) is 6.60. The standard InChI is InChI=1S/C13H22N2O4/c1-2-3-9-19-10-7-14-13(18)15(11-4-5-11)8-6-12(16)17/h2,11H,1,3-10H2,(H,14,18)(H,16,17). The van der Waals surface area contributed by atoms with Crippen molar-refractivity contribution in [2.75, 3.05) is 26.3 Å². The molecule has 0 unspecified atom stereocenters. The Labute approximate surface area is 113 Å². The van der Waals surface area contributed by atoms with Gasteiger partial charge in [-0.1, -0.05) is 6.08 Å². The van der Waals surface area contributed by atoms with E-state index in [-0.39, 0.29) is 25.0 Å². The Morgan fingerprint density at radius 3 is 2.74 bits per heavy atom. The van der Waals surface area contributed by atoms with Gasteiger partial charge in [0, 0.05) is 19.1 Å². The van der Waals surface area contributed by atoms with Crippen LogP contribution in [0, 0.1) is 0 Å². The first kappa shape index (κ1) is 15.5. The Bertz CT molecular complexity index is 316. The molecule has 0 radical (unpaired) electrons. The van der Waals surface area contributed by atoms with Crippen molar-refractivity contribution in [3.05, 3.63) is 12.7 Å². The Morgan fingerprint density at radius 1 is 1.42 bits per heavy atom. The van der Waals surface area contributed by atoms with Crippen molar-refractivity contribution < 1.29 is 19.4 Å². The second-order valence-corrected chi connectivity index (χ2v) is 4.49. The summed E-state index contributed by atoms with van der Waals surface area (Å²) in [6, 6.07) is 0.0112. The number of hydrogen-bond acceptors (Lipinski definition) is 3. The Morgan fingerprint density at radius 2 is 2.16 bits per heavy atom. The van der Waals surface area contributed by atoms with Gasteiger partial charge in [0.15, 0.2) is 0 Å². The smallest absolute Gasteiger partial charge is 0.317 e. The monoisotopic (exact) mass is 270 g/mol. The highest BCUT2D eigenvalue weighted by atomic mass is 16.5. The van der Waals surface area contributed by atoms with Crippen LogP contribution in [0.1, 0.15) is 25.7 Å². The molecule has 0 aromatic rings. The molecule has 0 aromatic heterocycles. The molecule has 2 amide bonds. The fourth-order valence-corrected chi connectivity index (χ4v) is 1.65. The van der Waals surface area contributed by atoms with Crippen LogP contribution in [0.2, 0.25) is 0 Å². The molecule has 0 heterocycles. The number of carbonyl (C=O) groups excluding carboxylic acids is 1. The van der Waals surface area contributed by atoms with Gasteiger partial charge in [0.2, 0.25) is 0 Å². The Balaban J connectivity index is 2.17. The molecule has 1 aliphatic rings. The molecule has 0 aliphatic heterocycles. The number of aliphatic carboxylic acids is 1. The molecule has 6 heteroatoms. The van der Waals surface area contributed by atoms with Gasteiger partial charge in [-0.15, -0.1) is 6.58 Å². The summed E-state index contributed by atoms with van der Waals surface area (Å²) in [4.78, 5) is 24.0. The molecule has 6 nitrogen and oxygen atoms in total. The van der Waals surface area contributed by atoms with Crippen LogP contribution in [0.15, 0.2) is 12.7 Å². The highest BCUT2D eigenvalue weighted by Gasteiger charge is 2.32. The van der Waals surface area contributed by atoms with Crippen molar-refractivity contribution in [3.63, 3.8) is 0 Å². The van der Waals surface area contributed by atoms with Gasteiger partial charge in [-0.2, -0.15) is 0 Å². The van der Waals surface area contributed by atoms with Crippen LogP contribution in [-0.2, 0) is 9.53 Å². The lowest BCUT2D eigenvalue weighted by Gasteiger charge is -2.22. The largest absolute Gasteiger partial charge is 0.481 e. The fourth-order valence-electron chi connectivity index (χ4n) is 1.65. The number of nitrogens with one attached hydrogen (secondary N) is 1. The molecule has 0 atom stereocenters. The minimum atomic E-state index is -0.883. The van der Waals surface area contributed by atoms with E-state index in [0.717, 1.165) is 19.3 Å². The molecule has 1 fully saturated rings. The van der Waals surface area contributed by atoms with Gasteiger partial charge in [-0.05, 0) is 19.3 Å². The van der Waals surface area contributed by atoms with Crippen molar-refractivity contribution in [2.45, 2.75) is 31.7 Å². The van der Waals surface area contributed by atoms with Gasteiger partial charge in [-0.3, -0.25) is 4.79 Å². The fraction of sp³-hybridized carbons (Fsp3) is 0.692. The van der Waals surface area contributed by atoms with E-state index < -0.39 is 5.97 Å². The number of carbonyl (C=O) groups is 2. The van der Waals surface area contributed by atoms with E-state index in [4.69, 9.17) is 9.84 Å². The highest BCUT2D eigenvalue weighted by molar-refractivity contribution is 5.76. The van der Waals surface area contributed by atoms with Crippen LogP contribution in [-0.4, -0.2) is 54.4 Å². The van der Waals surface area contributed by atoms with Crippen LogP contribution in [0.5, 0.6) is 0 Å². The van der Waals surface area contributed by atoms with Gasteiger partial charge in [0.25, 0.3) is 0 Å². The number of hydrogen-bond donors (Lipinski definition) is 2. The highest BCUT2D eigenvalue weighted by Crippen LogP contribution is 2.26. The molecule has 108 valence electrons. The van der Waals surface area contributed by atoms with Crippen LogP contribution >= 0.6 is 0 Å². The molecule has 1 rings (SSSR count). The van der Waals surface area contributed by atoms with Crippen LogP contribution in [0.3, 0.4) is 0 Å². The molecule has 0 bridgehead atoms. The van der Waals surface area contributed by atoms with Crippen molar-refractivity contribution in [2.24, 2.45) is 0 Å². The van der Waals surface area contributed by atoms with E-state index in [2.05, 4.69) is 11.9 Å². The normalized spacial score (nSPS) is 13.9. The molecule has 0 saturated heterocycles. The lowest BCUT2D eigenvalue weighted by Crippen LogP contribution is -2.43.